The van der Waals surface area contributed by atoms with E-state index in [2.05, 4.69) is 20.8 Å². The minimum Gasteiger partial charge on any atom is -0.394 e. The molecule has 6 nitrogen and oxygen atoms in total. The van der Waals surface area contributed by atoms with Crippen molar-refractivity contribution in [2.45, 2.75) is 70.9 Å². The van der Waals surface area contributed by atoms with Crippen LogP contribution in [-0.2, 0) is 20.8 Å². The molecule has 0 bridgehead atoms. The second kappa shape index (κ2) is 9.78. The second-order valence-electron chi connectivity index (χ2n) is 8.00. The standard InChI is InChI=1S/C20H32O6/c1-20(2,3)10-7-11-24-18-16(22)15(12-21)26-19(17(18)23)25-13-14-8-5-4-6-9-14/h4-6,8-9,15-19,21-23H,7,10-13H2,1-3H3/t15-,16-,17-,18+,19-/m1/s1. The highest BCUT2D eigenvalue weighted by molar-refractivity contribution is 5.13. The average molecular weight is 368 g/mol. The summed E-state index contributed by atoms with van der Waals surface area (Å²) in [6.07, 6.45) is -3.14. The summed E-state index contributed by atoms with van der Waals surface area (Å²) in [5.74, 6) is 0. The lowest BCUT2D eigenvalue weighted by Gasteiger charge is -2.41. The fourth-order valence-corrected chi connectivity index (χ4v) is 2.96. The zero-order chi connectivity index (χ0) is 19.2. The molecule has 1 aromatic carbocycles. The van der Waals surface area contributed by atoms with Crippen LogP contribution in [0, 0.1) is 5.41 Å². The zero-order valence-corrected chi connectivity index (χ0v) is 15.9. The van der Waals surface area contributed by atoms with E-state index in [9.17, 15) is 15.3 Å². The maximum atomic E-state index is 10.5. The first-order valence-electron chi connectivity index (χ1n) is 9.21. The highest BCUT2D eigenvalue weighted by atomic mass is 16.7. The summed E-state index contributed by atoms with van der Waals surface area (Å²) in [5.41, 5.74) is 1.14. The first kappa shape index (κ1) is 21.3. The Balaban J connectivity index is 1.92. The van der Waals surface area contributed by atoms with Gasteiger partial charge in [-0.2, -0.15) is 0 Å². The molecule has 1 aromatic rings. The Morgan fingerprint density at radius 3 is 2.35 bits per heavy atom. The maximum absolute atomic E-state index is 10.5. The molecule has 0 aromatic heterocycles. The molecule has 0 radical (unpaired) electrons. The van der Waals surface area contributed by atoms with Crippen LogP contribution in [0.4, 0.5) is 0 Å². The van der Waals surface area contributed by atoms with Crippen LogP contribution in [0.15, 0.2) is 30.3 Å². The Hall–Kier alpha value is -1.02. The Morgan fingerprint density at radius 1 is 1.04 bits per heavy atom. The van der Waals surface area contributed by atoms with Crippen LogP contribution in [-0.4, -0.2) is 59.2 Å². The predicted molar refractivity (Wildman–Crippen MR) is 97.4 cm³/mol. The summed E-state index contributed by atoms with van der Waals surface area (Å²) < 4.78 is 16.9. The van der Waals surface area contributed by atoms with Crippen molar-refractivity contribution in [3.63, 3.8) is 0 Å². The van der Waals surface area contributed by atoms with Gasteiger partial charge in [-0.25, -0.2) is 0 Å². The minimum atomic E-state index is -1.13. The molecule has 148 valence electrons. The minimum absolute atomic E-state index is 0.200. The highest BCUT2D eigenvalue weighted by Gasteiger charge is 2.45. The van der Waals surface area contributed by atoms with Gasteiger partial charge in [0, 0.05) is 6.61 Å². The van der Waals surface area contributed by atoms with Crippen LogP contribution in [0.2, 0.25) is 0 Å². The van der Waals surface area contributed by atoms with Crippen LogP contribution in [0.5, 0.6) is 0 Å². The quantitative estimate of drug-likeness (QED) is 0.607. The van der Waals surface area contributed by atoms with E-state index < -0.39 is 30.7 Å². The molecule has 1 heterocycles. The number of aliphatic hydroxyl groups is 3. The molecule has 0 aliphatic carbocycles. The largest absolute Gasteiger partial charge is 0.394 e. The van der Waals surface area contributed by atoms with E-state index in [1.807, 2.05) is 30.3 Å². The molecule has 5 atom stereocenters. The molecule has 1 saturated heterocycles. The van der Waals surface area contributed by atoms with Gasteiger partial charge in [0.25, 0.3) is 0 Å². The molecule has 3 N–H and O–H groups in total. The van der Waals surface area contributed by atoms with Crippen molar-refractivity contribution in [1.82, 2.24) is 0 Å². The Kier molecular flexibility index (Phi) is 8.01. The van der Waals surface area contributed by atoms with E-state index >= 15 is 0 Å². The van der Waals surface area contributed by atoms with Crippen LogP contribution in [0.1, 0.15) is 39.2 Å². The zero-order valence-electron chi connectivity index (χ0n) is 15.9. The first-order valence-corrected chi connectivity index (χ1v) is 9.21. The number of benzene rings is 1. The van der Waals surface area contributed by atoms with Gasteiger partial charge in [0.15, 0.2) is 6.29 Å². The van der Waals surface area contributed by atoms with E-state index in [4.69, 9.17) is 14.2 Å². The van der Waals surface area contributed by atoms with Gasteiger partial charge >= 0.3 is 0 Å². The van der Waals surface area contributed by atoms with Crippen LogP contribution in [0.25, 0.3) is 0 Å². The van der Waals surface area contributed by atoms with Gasteiger partial charge in [0.1, 0.15) is 24.4 Å². The molecule has 1 aliphatic heterocycles. The molecule has 1 aliphatic rings. The van der Waals surface area contributed by atoms with E-state index in [0.29, 0.717) is 6.61 Å². The fraction of sp³-hybridized carbons (Fsp3) is 0.700. The van der Waals surface area contributed by atoms with Crippen molar-refractivity contribution in [2.24, 2.45) is 5.41 Å². The summed E-state index contributed by atoms with van der Waals surface area (Å²) in [6, 6.07) is 9.54. The molecule has 26 heavy (non-hydrogen) atoms. The lowest BCUT2D eigenvalue weighted by molar-refractivity contribution is -0.310. The smallest absolute Gasteiger partial charge is 0.187 e. The summed E-state index contributed by atoms with van der Waals surface area (Å²) in [5, 5.41) is 30.3. The van der Waals surface area contributed by atoms with E-state index in [-0.39, 0.29) is 18.6 Å². The molecular formula is C20H32O6. The van der Waals surface area contributed by atoms with Gasteiger partial charge in [-0.3, -0.25) is 0 Å². The van der Waals surface area contributed by atoms with E-state index in [0.717, 1.165) is 18.4 Å². The molecule has 1 fully saturated rings. The average Bonchev–Trinajstić information content (AvgIpc) is 2.60. The third-order valence-corrected chi connectivity index (χ3v) is 4.46. The Labute approximate surface area is 155 Å². The van der Waals surface area contributed by atoms with Crippen LogP contribution < -0.4 is 0 Å². The molecule has 0 spiro atoms. The number of rotatable bonds is 8. The first-order chi connectivity index (χ1) is 12.3. The molecule has 0 saturated carbocycles. The molecule has 2 rings (SSSR count). The molecule has 6 heteroatoms. The van der Waals surface area contributed by atoms with Crippen molar-refractivity contribution >= 4 is 0 Å². The number of hydrogen-bond donors (Lipinski definition) is 3. The number of hydrogen-bond acceptors (Lipinski definition) is 6. The fourth-order valence-electron chi connectivity index (χ4n) is 2.96. The van der Waals surface area contributed by atoms with Crippen molar-refractivity contribution in [2.75, 3.05) is 13.2 Å². The third-order valence-electron chi connectivity index (χ3n) is 4.46. The van der Waals surface area contributed by atoms with Crippen LogP contribution >= 0.6 is 0 Å². The third kappa shape index (κ3) is 6.30. The van der Waals surface area contributed by atoms with Gasteiger partial charge < -0.3 is 29.5 Å². The maximum Gasteiger partial charge on any atom is 0.187 e. The normalized spacial score (nSPS) is 29.7. The van der Waals surface area contributed by atoms with E-state index in [1.54, 1.807) is 0 Å². The van der Waals surface area contributed by atoms with Gasteiger partial charge in [0.2, 0.25) is 0 Å². The molecular weight excluding hydrogens is 336 g/mol. The summed E-state index contributed by atoms with van der Waals surface area (Å²) in [7, 11) is 0. The Morgan fingerprint density at radius 2 is 1.73 bits per heavy atom. The predicted octanol–water partition coefficient (Wildman–Crippen LogP) is 1.85. The summed E-state index contributed by atoms with van der Waals surface area (Å²) in [6.45, 7) is 6.76. The highest BCUT2D eigenvalue weighted by Crippen LogP contribution is 2.26. The van der Waals surface area contributed by atoms with Crippen molar-refractivity contribution in [1.29, 1.82) is 0 Å². The summed E-state index contributed by atoms with van der Waals surface area (Å²) in [4.78, 5) is 0. The van der Waals surface area contributed by atoms with Crippen LogP contribution in [0.3, 0.4) is 0 Å². The topological polar surface area (TPSA) is 88.4 Å². The van der Waals surface area contributed by atoms with Gasteiger partial charge in [-0.15, -0.1) is 0 Å². The summed E-state index contributed by atoms with van der Waals surface area (Å²) >= 11 is 0. The van der Waals surface area contributed by atoms with Gasteiger partial charge in [-0.1, -0.05) is 51.1 Å². The lowest BCUT2D eigenvalue weighted by Crippen LogP contribution is -2.60. The van der Waals surface area contributed by atoms with Gasteiger partial charge in [-0.05, 0) is 23.8 Å². The second-order valence-corrected chi connectivity index (χ2v) is 8.00. The monoisotopic (exact) mass is 368 g/mol. The molecule has 0 amide bonds. The van der Waals surface area contributed by atoms with E-state index in [1.165, 1.54) is 0 Å². The molecule has 0 unspecified atom stereocenters. The lowest BCUT2D eigenvalue weighted by atomic mass is 9.91. The SMILES string of the molecule is CC(C)(C)CCCO[C@@H]1[C@@H](O)[C@H](OCc2ccccc2)O[C@H](CO)[C@H]1O. The number of ether oxygens (including phenoxy) is 3. The Bertz CT molecular complexity index is 515. The van der Waals surface area contributed by atoms with Crippen molar-refractivity contribution in [3.8, 4) is 0 Å². The van der Waals surface area contributed by atoms with Crippen molar-refractivity contribution in [3.05, 3.63) is 35.9 Å². The van der Waals surface area contributed by atoms with Crippen molar-refractivity contribution < 1.29 is 29.5 Å². The van der Waals surface area contributed by atoms with Gasteiger partial charge in [0.05, 0.1) is 13.2 Å². The number of aliphatic hydroxyl groups excluding tert-OH is 3.